The molecule has 1 fully saturated rings. The fourth-order valence-electron chi connectivity index (χ4n) is 2.84. The summed E-state index contributed by atoms with van der Waals surface area (Å²) in [7, 11) is 1.59. The number of para-hydroxylation sites is 1. The van der Waals surface area contributed by atoms with Crippen molar-refractivity contribution in [1.82, 2.24) is 4.90 Å². The normalized spacial score (nSPS) is 14.7. The second-order valence-corrected chi connectivity index (χ2v) is 5.57. The molecule has 2 aromatic carbocycles. The lowest BCUT2D eigenvalue weighted by molar-refractivity contribution is 0.0743. The Morgan fingerprint density at radius 2 is 1.65 bits per heavy atom. The van der Waals surface area contributed by atoms with Crippen LogP contribution < -0.4 is 15.4 Å². The van der Waals surface area contributed by atoms with E-state index >= 15 is 0 Å². The Balaban J connectivity index is 1.66. The molecule has 0 spiro atoms. The highest BCUT2D eigenvalue weighted by Crippen LogP contribution is 2.22. The highest BCUT2D eigenvalue weighted by Gasteiger charge is 2.24. The smallest absolute Gasteiger partial charge is 0.257 e. The average molecular weight is 311 g/mol. The summed E-state index contributed by atoms with van der Waals surface area (Å²) in [6, 6.07) is 15.2. The van der Waals surface area contributed by atoms with Gasteiger partial charge in [0.2, 0.25) is 0 Å². The van der Waals surface area contributed by atoms with Crippen LogP contribution in [0.1, 0.15) is 10.4 Å². The van der Waals surface area contributed by atoms with Gasteiger partial charge < -0.3 is 20.3 Å². The Hall–Kier alpha value is -2.69. The molecule has 0 bridgehead atoms. The van der Waals surface area contributed by atoms with Crippen LogP contribution in [-0.4, -0.2) is 44.1 Å². The Bertz CT molecular complexity index is 677. The second-order valence-electron chi connectivity index (χ2n) is 5.57. The molecule has 1 aliphatic rings. The van der Waals surface area contributed by atoms with E-state index in [-0.39, 0.29) is 5.91 Å². The van der Waals surface area contributed by atoms with Crippen LogP contribution in [0.4, 0.5) is 11.4 Å². The highest BCUT2D eigenvalue weighted by molar-refractivity contribution is 5.97. The van der Waals surface area contributed by atoms with Gasteiger partial charge in [-0.1, -0.05) is 12.1 Å². The SMILES string of the molecule is COc1ccccc1C(=O)N1CCN(c2ccc(N)cc2)CC1. The minimum Gasteiger partial charge on any atom is -0.496 e. The number of nitrogens with two attached hydrogens (primary N) is 1. The van der Waals surface area contributed by atoms with Gasteiger partial charge in [-0.05, 0) is 36.4 Å². The second kappa shape index (κ2) is 6.60. The molecule has 0 saturated carbocycles. The number of rotatable bonds is 3. The minimum absolute atomic E-state index is 0.0272. The topological polar surface area (TPSA) is 58.8 Å². The molecule has 0 radical (unpaired) electrons. The zero-order valence-corrected chi connectivity index (χ0v) is 13.2. The lowest BCUT2D eigenvalue weighted by Gasteiger charge is -2.36. The average Bonchev–Trinajstić information content (AvgIpc) is 2.62. The van der Waals surface area contributed by atoms with Crippen molar-refractivity contribution in [2.45, 2.75) is 0 Å². The van der Waals surface area contributed by atoms with Crippen molar-refractivity contribution in [2.24, 2.45) is 0 Å². The van der Waals surface area contributed by atoms with E-state index in [9.17, 15) is 4.79 Å². The third-order valence-corrected chi connectivity index (χ3v) is 4.16. The summed E-state index contributed by atoms with van der Waals surface area (Å²) in [5.41, 5.74) is 8.25. The minimum atomic E-state index is 0.0272. The van der Waals surface area contributed by atoms with Gasteiger partial charge in [0.05, 0.1) is 12.7 Å². The summed E-state index contributed by atoms with van der Waals surface area (Å²) in [6.45, 7) is 3.01. The summed E-state index contributed by atoms with van der Waals surface area (Å²) >= 11 is 0. The lowest BCUT2D eigenvalue weighted by atomic mass is 10.1. The molecule has 2 N–H and O–H groups in total. The molecule has 1 aliphatic heterocycles. The van der Waals surface area contributed by atoms with Gasteiger partial charge in [-0.3, -0.25) is 4.79 Å². The molecule has 1 amide bonds. The van der Waals surface area contributed by atoms with Gasteiger partial charge in [-0.25, -0.2) is 0 Å². The number of hydrogen-bond acceptors (Lipinski definition) is 4. The molecule has 5 nitrogen and oxygen atoms in total. The van der Waals surface area contributed by atoms with E-state index in [4.69, 9.17) is 10.5 Å². The molecule has 1 saturated heterocycles. The molecule has 5 heteroatoms. The van der Waals surface area contributed by atoms with Gasteiger partial charge in [0.15, 0.2) is 0 Å². The number of nitrogens with zero attached hydrogens (tertiary/aromatic N) is 2. The highest BCUT2D eigenvalue weighted by atomic mass is 16.5. The summed E-state index contributed by atoms with van der Waals surface area (Å²) in [5, 5.41) is 0. The molecule has 0 unspecified atom stereocenters. The first-order valence-corrected chi connectivity index (χ1v) is 7.72. The first-order chi connectivity index (χ1) is 11.2. The maximum atomic E-state index is 12.7. The molecule has 3 rings (SSSR count). The van der Waals surface area contributed by atoms with Crippen molar-refractivity contribution in [3.8, 4) is 5.75 Å². The Morgan fingerprint density at radius 3 is 2.30 bits per heavy atom. The van der Waals surface area contributed by atoms with Crippen molar-refractivity contribution in [2.75, 3.05) is 43.9 Å². The van der Waals surface area contributed by atoms with Crippen molar-refractivity contribution in [1.29, 1.82) is 0 Å². The van der Waals surface area contributed by atoms with E-state index in [0.29, 0.717) is 24.4 Å². The molecule has 2 aromatic rings. The number of carbonyl (C=O) groups is 1. The molecule has 120 valence electrons. The lowest BCUT2D eigenvalue weighted by Crippen LogP contribution is -2.48. The standard InChI is InChI=1S/C18H21N3O2/c1-23-17-5-3-2-4-16(17)18(22)21-12-10-20(11-13-21)15-8-6-14(19)7-9-15/h2-9H,10-13,19H2,1H3. The monoisotopic (exact) mass is 311 g/mol. The zero-order chi connectivity index (χ0) is 16.2. The number of benzene rings is 2. The first kappa shape index (κ1) is 15.2. The third-order valence-electron chi connectivity index (χ3n) is 4.16. The number of hydrogen-bond donors (Lipinski definition) is 1. The third kappa shape index (κ3) is 3.23. The molecule has 0 aromatic heterocycles. The summed E-state index contributed by atoms with van der Waals surface area (Å²) in [6.07, 6.45) is 0. The summed E-state index contributed by atoms with van der Waals surface area (Å²) in [5.74, 6) is 0.651. The molecule has 0 atom stereocenters. The molecule has 23 heavy (non-hydrogen) atoms. The molecular weight excluding hydrogens is 290 g/mol. The van der Waals surface area contributed by atoms with Crippen LogP contribution in [0.3, 0.4) is 0 Å². The number of piperazine rings is 1. The van der Waals surface area contributed by atoms with Gasteiger partial charge in [0.25, 0.3) is 5.91 Å². The Morgan fingerprint density at radius 1 is 1.00 bits per heavy atom. The van der Waals surface area contributed by atoms with Gasteiger partial charge in [0, 0.05) is 37.6 Å². The number of ether oxygens (including phenoxy) is 1. The maximum Gasteiger partial charge on any atom is 0.257 e. The summed E-state index contributed by atoms with van der Waals surface area (Å²) < 4.78 is 5.29. The number of methoxy groups -OCH3 is 1. The van der Waals surface area contributed by atoms with E-state index in [1.807, 2.05) is 53.4 Å². The van der Waals surface area contributed by atoms with Crippen LogP contribution in [-0.2, 0) is 0 Å². The van der Waals surface area contributed by atoms with Gasteiger partial charge in [0.1, 0.15) is 5.75 Å². The fraction of sp³-hybridized carbons (Fsp3) is 0.278. The summed E-state index contributed by atoms with van der Waals surface area (Å²) in [4.78, 5) is 16.8. The van der Waals surface area contributed by atoms with Crippen molar-refractivity contribution >= 4 is 17.3 Å². The van der Waals surface area contributed by atoms with Crippen LogP contribution in [0.25, 0.3) is 0 Å². The predicted molar refractivity (Wildman–Crippen MR) is 92.0 cm³/mol. The quantitative estimate of drug-likeness (QED) is 0.883. The Kier molecular flexibility index (Phi) is 4.37. The number of carbonyl (C=O) groups excluding carboxylic acids is 1. The van der Waals surface area contributed by atoms with E-state index in [2.05, 4.69) is 4.90 Å². The van der Waals surface area contributed by atoms with Crippen LogP contribution in [0.2, 0.25) is 0 Å². The molecule has 1 heterocycles. The largest absolute Gasteiger partial charge is 0.496 e. The van der Waals surface area contributed by atoms with Crippen LogP contribution in [0.15, 0.2) is 48.5 Å². The van der Waals surface area contributed by atoms with Crippen molar-refractivity contribution < 1.29 is 9.53 Å². The number of nitrogen functional groups attached to an aromatic ring is 1. The van der Waals surface area contributed by atoms with Gasteiger partial charge in [-0.15, -0.1) is 0 Å². The zero-order valence-electron chi connectivity index (χ0n) is 13.2. The van der Waals surface area contributed by atoms with E-state index < -0.39 is 0 Å². The van der Waals surface area contributed by atoms with Crippen molar-refractivity contribution in [3.63, 3.8) is 0 Å². The van der Waals surface area contributed by atoms with Gasteiger partial charge in [-0.2, -0.15) is 0 Å². The maximum absolute atomic E-state index is 12.7. The van der Waals surface area contributed by atoms with Crippen LogP contribution >= 0.6 is 0 Å². The predicted octanol–water partition coefficient (Wildman–Crippen LogP) is 2.24. The number of amides is 1. The molecular formula is C18H21N3O2. The number of anilines is 2. The van der Waals surface area contributed by atoms with Crippen LogP contribution in [0, 0.1) is 0 Å². The van der Waals surface area contributed by atoms with Gasteiger partial charge >= 0.3 is 0 Å². The van der Waals surface area contributed by atoms with E-state index in [1.54, 1.807) is 7.11 Å². The Labute approximate surface area is 136 Å². The fourth-order valence-corrected chi connectivity index (χ4v) is 2.84. The van der Waals surface area contributed by atoms with Crippen molar-refractivity contribution in [3.05, 3.63) is 54.1 Å². The molecule has 0 aliphatic carbocycles. The first-order valence-electron chi connectivity index (χ1n) is 7.72. The van der Waals surface area contributed by atoms with E-state index in [1.165, 1.54) is 0 Å². The van der Waals surface area contributed by atoms with Crippen LogP contribution in [0.5, 0.6) is 5.75 Å². The van der Waals surface area contributed by atoms with E-state index in [0.717, 1.165) is 24.5 Å².